The molecule has 2 aromatic carbocycles. The van der Waals surface area contributed by atoms with Gasteiger partial charge in [0.15, 0.2) is 6.04 Å². The van der Waals surface area contributed by atoms with E-state index in [4.69, 9.17) is 14.7 Å². The lowest BCUT2D eigenvalue weighted by Gasteiger charge is -2.21. The van der Waals surface area contributed by atoms with E-state index in [1.165, 1.54) is 12.8 Å². The van der Waals surface area contributed by atoms with Crippen LogP contribution in [0.3, 0.4) is 0 Å². The van der Waals surface area contributed by atoms with Crippen LogP contribution < -0.4 is 10.1 Å². The summed E-state index contributed by atoms with van der Waals surface area (Å²) in [5, 5.41) is 12.3. The molecule has 5 nitrogen and oxygen atoms in total. The third-order valence-corrected chi connectivity index (χ3v) is 5.18. The van der Waals surface area contributed by atoms with Gasteiger partial charge in [-0.15, -0.1) is 0 Å². The lowest BCUT2D eigenvalue weighted by atomic mass is 10.0. The van der Waals surface area contributed by atoms with Gasteiger partial charge in [-0.05, 0) is 86.6 Å². The molecule has 5 heteroatoms. The fourth-order valence-electron chi connectivity index (χ4n) is 3.64. The Bertz CT molecular complexity index is 865. The quantitative estimate of drug-likeness (QED) is 0.629. The third-order valence-electron chi connectivity index (χ3n) is 5.18. The van der Waals surface area contributed by atoms with Crippen LogP contribution in [-0.2, 0) is 16.0 Å². The van der Waals surface area contributed by atoms with Crippen LogP contribution >= 0.6 is 0 Å². The van der Waals surface area contributed by atoms with Gasteiger partial charge in [0.05, 0.1) is 24.3 Å². The molecule has 1 atom stereocenters. The minimum absolute atomic E-state index is 0.252. The summed E-state index contributed by atoms with van der Waals surface area (Å²) in [5.41, 5.74) is 3.26. The van der Waals surface area contributed by atoms with Gasteiger partial charge < -0.3 is 14.8 Å². The second-order valence-corrected chi connectivity index (χ2v) is 7.31. The number of nitriles is 1. The summed E-state index contributed by atoms with van der Waals surface area (Å²) >= 11 is 0. The summed E-state index contributed by atoms with van der Waals surface area (Å²) in [6, 6.07) is 14.5. The van der Waals surface area contributed by atoms with Crippen LogP contribution in [0.1, 0.15) is 62.3 Å². The first kappa shape index (κ1) is 20.7. The number of nitrogens with zero attached hydrogens (tertiary/aromatic N) is 1. The first-order chi connectivity index (χ1) is 14.1. The molecule has 0 amide bonds. The van der Waals surface area contributed by atoms with Gasteiger partial charge >= 0.3 is 5.97 Å². The van der Waals surface area contributed by atoms with Crippen molar-refractivity contribution in [3.8, 4) is 11.8 Å². The molecule has 0 bridgehead atoms. The van der Waals surface area contributed by atoms with E-state index < -0.39 is 6.04 Å². The normalized spacial score (nSPS) is 14.8. The number of rotatable bonds is 8. The van der Waals surface area contributed by atoms with Crippen LogP contribution in [0.15, 0.2) is 42.5 Å². The summed E-state index contributed by atoms with van der Waals surface area (Å²) in [5.74, 6) is 0.471. The average Bonchev–Trinajstić information content (AvgIpc) is 3.25. The molecule has 0 aromatic heterocycles. The SMILES string of the molecule is CCOC(=O)C(Nc1ccc(C#N)cc1)c1cc(CC)cc(OC2CCCC2)c1. The zero-order valence-electron chi connectivity index (χ0n) is 17.1. The number of benzene rings is 2. The van der Waals surface area contributed by atoms with Crippen molar-refractivity contribution in [1.29, 1.82) is 5.26 Å². The molecule has 1 saturated carbocycles. The van der Waals surface area contributed by atoms with E-state index in [1.54, 1.807) is 31.2 Å². The minimum Gasteiger partial charge on any atom is -0.490 e. The highest BCUT2D eigenvalue weighted by molar-refractivity contribution is 5.81. The van der Waals surface area contributed by atoms with Crippen molar-refractivity contribution >= 4 is 11.7 Å². The van der Waals surface area contributed by atoms with E-state index in [2.05, 4.69) is 24.4 Å². The number of anilines is 1. The molecule has 0 aliphatic heterocycles. The van der Waals surface area contributed by atoms with Crippen molar-refractivity contribution in [3.63, 3.8) is 0 Å². The largest absolute Gasteiger partial charge is 0.490 e. The van der Waals surface area contributed by atoms with Crippen LogP contribution in [0.5, 0.6) is 5.75 Å². The second-order valence-electron chi connectivity index (χ2n) is 7.31. The first-order valence-electron chi connectivity index (χ1n) is 10.4. The van der Waals surface area contributed by atoms with Gasteiger partial charge in [0, 0.05) is 5.69 Å². The molecule has 1 fully saturated rings. The minimum atomic E-state index is -0.652. The van der Waals surface area contributed by atoms with Crippen LogP contribution in [0.2, 0.25) is 0 Å². The monoisotopic (exact) mass is 392 g/mol. The lowest BCUT2D eigenvalue weighted by molar-refractivity contribution is -0.144. The van der Waals surface area contributed by atoms with Crippen molar-refractivity contribution in [3.05, 3.63) is 59.2 Å². The van der Waals surface area contributed by atoms with Crippen molar-refractivity contribution in [1.82, 2.24) is 0 Å². The fourth-order valence-corrected chi connectivity index (χ4v) is 3.64. The number of aryl methyl sites for hydroxylation is 1. The van der Waals surface area contributed by atoms with E-state index in [0.717, 1.165) is 41.8 Å². The molecular formula is C24H28N2O3. The molecular weight excluding hydrogens is 364 g/mol. The van der Waals surface area contributed by atoms with Crippen LogP contribution in [0.25, 0.3) is 0 Å². The van der Waals surface area contributed by atoms with Crippen molar-refractivity contribution in [2.45, 2.75) is 58.1 Å². The molecule has 29 heavy (non-hydrogen) atoms. The Labute approximate surface area is 172 Å². The number of carbonyl (C=O) groups is 1. The van der Waals surface area contributed by atoms with Gasteiger partial charge in [-0.3, -0.25) is 0 Å². The Morgan fingerprint density at radius 3 is 2.52 bits per heavy atom. The summed E-state index contributed by atoms with van der Waals surface area (Å²) in [4.78, 5) is 12.7. The van der Waals surface area contributed by atoms with E-state index in [1.807, 2.05) is 12.1 Å². The standard InChI is InChI=1S/C24H28N2O3/c1-3-17-13-19(15-22(14-17)29-21-7-5-6-8-21)23(24(27)28-4-2)26-20-11-9-18(16-25)10-12-20/h9-15,21,23,26H,3-8H2,1-2H3. The maximum atomic E-state index is 12.7. The Balaban J connectivity index is 1.90. The maximum absolute atomic E-state index is 12.7. The average molecular weight is 392 g/mol. The Kier molecular flexibility index (Phi) is 7.13. The maximum Gasteiger partial charge on any atom is 0.333 e. The molecule has 3 rings (SSSR count). The van der Waals surface area contributed by atoms with Crippen LogP contribution in [0.4, 0.5) is 5.69 Å². The molecule has 1 aliphatic carbocycles. The van der Waals surface area contributed by atoms with Gasteiger partial charge in [0.2, 0.25) is 0 Å². The number of esters is 1. The van der Waals surface area contributed by atoms with Gasteiger partial charge in [0.25, 0.3) is 0 Å². The highest BCUT2D eigenvalue weighted by Crippen LogP contribution is 2.30. The van der Waals surface area contributed by atoms with Crippen molar-refractivity contribution in [2.75, 3.05) is 11.9 Å². The number of hydrogen-bond acceptors (Lipinski definition) is 5. The molecule has 2 aromatic rings. The predicted molar refractivity (Wildman–Crippen MR) is 113 cm³/mol. The summed E-state index contributed by atoms with van der Waals surface area (Å²) < 4.78 is 11.5. The topological polar surface area (TPSA) is 71.3 Å². The zero-order chi connectivity index (χ0) is 20.6. The first-order valence-corrected chi connectivity index (χ1v) is 10.4. The molecule has 0 saturated heterocycles. The fraction of sp³-hybridized carbons (Fsp3) is 0.417. The Morgan fingerprint density at radius 1 is 1.17 bits per heavy atom. The van der Waals surface area contributed by atoms with Crippen LogP contribution in [-0.4, -0.2) is 18.7 Å². The summed E-state index contributed by atoms with van der Waals surface area (Å²) in [6.45, 7) is 4.20. The van der Waals surface area contributed by atoms with Crippen LogP contribution in [0, 0.1) is 11.3 Å². The molecule has 0 heterocycles. The third kappa shape index (κ3) is 5.51. The van der Waals surface area contributed by atoms with Gasteiger partial charge in [-0.2, -0.15) is 5.26 Å². The van der Waals surface area contributed by atoms with Crippen molar-refractivity contribution < 1.29 is 14.3 Å². The second kappa shape index (κ2) is 9.97. The molecule has 1 aliphatic rings. The lowest BCUT2D eigenvalue weighted by Crippen LogP contribution is -2.24. The molecule has 0 spiro atoms. The highest BCUT2D eigenvalue weighted by atomic mass is 16.5. The van der Waals surface area contributed by atoms with E-state index >= 15 is 0 Å². The highest BCUT2D eigenvalue weighted by Gasteiger charge is 2.24. The molecule has 152 valence electrons. The van der Waals surface area contributed by atoms with Gasteiger partial charge in [0.1, 0.15) is 5.75 Å². The van der Waals surface area contributed by atoms with Crippen molar-refractivity contribution in [2.24, 2.45) is 0 Å². The number of nitrogens with one attached hydrogen (secondary N) is 1. The predicted octanol–water partition coefficient (Wildman–Crippen LogP) is 5.16. The summed E-state index contributed by atoms with van der Waals surface area (Å²) in [6.07, 6.45) is 5.67. The molecule has 0 radical (unpaired) electrons. The van der Waals surface area contributed by atoms with E-state index in [0.29, 0.717) is 12.2 Å². The number of carbonyl (C=O) groups excluding carboxylic acids is 1. The van der Waals surface area contributed by atoms with E-state index in [9.17, 15) is 4.79 Å². The zero-order valence-corrected chi connectivity index (χ0v) is 17.1. The Morgan fingerprint density at radius 2 is 1.90 bits per heavy atom. The smallest absolute Gasteiger partial charge is 0.333 e. The number of hydrogen-bond donors (Lipinski definition) is 1. The van der Waals surface area contributed by atoms with E-state index in [-0.39, 0.29) is 12.1 Å². The summed E-state index contributed by atoms with van der Waals surface area (Å²) in [7, 11) is 0. The van der Waals surface area contributed by atoms with Gasteiger partial charge in [-0.1, -0.05) is 13.0 Å². The molecule has 1 unspecified atom stereocenters. The molecule has 1 N–H and O–H groups in total. The number of ether oxygens (including phenoxy) is 2. The Hall–Kier alpha value is -3.00. The van der Waals surface area contributed by atoms with Gasteiger partial charge in [-0.25, -0.2) is 4.79 Å².